The Hall–Kier alpha value is -0.810. The minimum absolute atomic E-state index is 0.0836. The number of ether oxygens (including phenoxy) is 1. The van der Waals surface area contributed by atoms with E-state index in [-0.39, 0.29) is 24.3 Å². The summed E-state index contributed by atoms with van der Waals surface area (Å²) in [7, 11) is 0. The zero-order chi connectivity index (χ0) is 16.4. The van der Waals surface area contributed by atoms with E-state index in [1.54, 1.807) is 0 Å². The van der Waals surface area contributed by atoms with Crippen molar-refractivity contribution in [2.24, 2.45) is 5.92 Å². The van der Waals surface area contributed by atoms with E-state index in [1.165, 1.54) is 38.6 Å². The highest BCUT2D eigenvalue weighted by atomic mass is 16.5. The molecule has 3 aliphatic rings. The number of carbonyl (C=O) groups is 1. The number of amides is 2. The fraction of sp³-hybridized carbons (Fsp3) is 0.944. The van der Waals surface area contributed by atoms with Crippen LogP contribution in [0.3, 0.4) is 0 Å². The SMILES string of the molecule is C[C@@H]1CN(C(=O)N[C@@H](C)[C@@H]2CCCN(C3CCC3)C2)C[C@H](C)O1. The van der Waals surface area contributed by atoms with Crippen molar-refractivity contribution in [1.29, 1.82) is 0 Å². The summed E-state index contributed by atoms with van der Waals surface area (Å²) in [5.41, 5.74) is 0. The molecule has 2 saturated heterocycles. The Bertz CT molecular complexity index is 403. The lowest BCUT2D eigenvalue weighted by Gasteiger charge is -2.44. The van der Waals surface area contributed by atoms with Gasteiger partial charge in [-0.3, -0.25) is 0 Å². The van der Waals surface area contributed by atoms with E-state index < -0.39 is 0 Å². The number of morpholine rings is 1. The van der Waals surface area contributed by atoms with Crippen LogP contribution in [0.2, 0.25) is 0 Å². The van der Waals surface area contributed by atoms with Gasteiger partial charge >= 0.3 is 6.03 Å². The molecule has 5 heteroatoms. The maximum atomic E-state index is 12.6. The third kappa shape index (κ3) is 4.18. The molecule has 1 saturated carbocycles. The van der Waals surface area contributed by atoms with Gasteiger partial charge < -0.3 is 19.9 Å². The summed E-state index contributed by atoms with van der Waals surface area (Å²) in [6.07, 6.45) is 6.90. The molecule has 0 spiro atoms. The van der Waals surface area contributed by atoms with E-state index >= 15 is 0 Å². The van der Waals surface area contributed by atoms with Crippen LogP contribution in [0, 0.1) is 5.92 Å². The molecule has 2 heterocycles. The first-order chi connectivity index (χ1) is 11.0. The molecule has 0 aromatic heterocycles. The molecule has 1 aliphatic carbocycles. The minimum Gasteiger partial charge on any atom is -0.372 e. The molecular formula is C18H33N3O2. The van der Waals surface area contributed by atoms with Gasteiger partial charge in [0.2, 0.25) is 0 Å². The summed E-state index contributed by atoms with van der Waals surface area (Å²) in [5.74, 6) is 0.587. The number of hydrogen-bond donors (Lipinski definition) is 1. The van der Waals surface area contributed by atoms with Crippen LogP contribution in [0.15, 0.2) is 0 Å². The third-order valence-electron chi connectivity index (χ3n) is 5.85. The summed E-state index contributed by atoms with van der Waals surface area (Å²) in [4.78, 5) is 17.2. The lowest BCUT2D eigenvalue weighted by Crippen LogP contribution is -2.56. The van der Waals surface area contributed by atoms with Crippen molar-refractivity contribution < 1.29 is 9.53 Å². The Labute approximate surface area is 140 Å². The minimum atomic E-state index is 0.0836. The Balaban J connectivity index is 1.49. The Kier molecular flexibility index (Phi) is 5.47. The monoisotopic (exact) mass is 323 g/mol. The van der Waals surface area contributed by atoms with Crippen LogP contribution in [0.5, 0.6) is 0 Å². The number of rotatable bonds is 3. The molecule has 2 amide bonds. The van der Waals surface area contributed by atoms with Crippen molar-refractivity contribution in [3.05, 3.63) is 0 Å². The highest BCUT2D eigenvalue weighted by molar-refractivity contribution is 5.74. The predicted molar refractivity (Wildman–Crippen MR) is 91.5 cm³/mol. The summed E-state index contributed by atoms with van der Waals surface area (Å²) >= 11 is 0. The van der Waals surface area contributed by atoms with Crippen LogP contribution in [0.25, 0.3) is 0 Å². The lowest BCUT2D eigenvalue weighted by atomic mass is 9.85. The number of likely N-dealkylation sites (tertiary alicyclic amines) is 1. The van der Waals surface area contributed by atoms with Crippen LogP contribution in [0.4, 0.5) is 4.79 Å². The summed E-state index contributed by atoms with van der Waals surface area (Å²) in [6, 6.07) is 1.15. The van der Waals surface area contributed by atoms with E-state index in [1.807, 2.05) is 18.7 Å². The molecule has 0 bridgehead atoms. The van der Waals surface area contributed by atoms with Crippen molar-refractivity contribution in [1.82, 2.24) is 15.1 Å². The molecule has 132 valence electrons. The van der Waals surface area contributed by atoms with Crippen molar-refractivity contribution in [2.75, 3.05) is 26.2 Å². The molecule has 2 aliphatic heterocycles. The fourth-order valence-electron chi connectivity index (χ4n) is 4.28. The standard InChI is InChI=1S/C18H33N3O2/c1-13-10-21(11-14(2)23-13)18(22)19-15(3)16-6-5-9-20(12-16)17-7-4-8-17/h13-17H,4-12H2,1-3H3,(H,19,22)/t13-,14+,15-,16+/m0/s1. The topological polar surface area (TPSA) is 44.8 Å². The molecule has 0 unspecified atom stereocenters. The van der Waals surface area contributed by atoms with Crippen molar-refractivity contribution in [2.45, 2.75) is 77.2 Å². The number of carbonyl (C=O) groups excluding carboxylic acids is 1. The fourth-order valence-corrected chi connectivity index (χ4v) is 4.28. The first-order valence-electron chi connectivity index (χ1n) is 9.48. The van der Waals surface area contributed by atoms with Crippen molar-refractivity contribution in [3.63, 3.8) is 0 Å². The largest absolute Gasteiger partial charge is 0.372 e. The Morgan fingerprint density at radius 3 is 2.39 bits per heavy atom. The normalized spacial score (nSPS) is 34.7. The predicted octanol–water partition coefficient (Wildman–Crippen LogP) is 2.46. The van der Waals surface area contributed by atoms with Crippen LogP contribution >= 0.6 is 0 Å². The van der Waals surface area contributed by atoms with Gasteiger partial charge in [0.25, 0.3) is 0 Å². The average Bonchev–Trinajstić information content (AvgIpc) is 2.44. The molecule has 5 nitrogen and oxygen atoms in total. The van der Waals surface area contributed by atoms with E-state index in [2.05, 4.69) is 17.1 Å². The number of nitrogens with zero attached hydrogens (tertiary/aromatic N) is 2. The maximum absolute atomic E-state index is 12.6. The van der Waals surface area contributed by atoms with Crippen LogP contribution in [-0.2, 0) is 4.74 Å². The molecule has 0 aromatic carbocycles. The first-order valence-corrected chi connectivity index (χ1v) is 9.48. The molecule has 4 atom stereocenters. The van der Waals surface area contributed by atoms with Crippen molar-refractivity contribution in [3.8, 4) is 0 Å². The van der Waals surface area contributed by atoms with E-state index in [4.69, 9.17) is 4.74 Å². The van der Waals surface area contributed by atoms with Gasteiger partial charge in [-0.1, -0.05) is 6.42 Å². The van der Waals surface area contributed by atoms with Crippen molar-refractivity contribution >= 4 is 6.03 Å². The number of piperidine rings is 1. The second-order valence-electron chi connectivity index (χ2n) is 7.88. The molecule has 23 heavy (non-hydrogen) atoms. The number of nitrogens with one attached hydrogen (secondary N) is 1. The molecule has 1 N–H and O–H groups in total. The van der Waals surface area contributed by atoms with E-state index in [0.717, 1.165) is 12.6 Å². The molecule has 0 aromatic rings. The highest BCUT2D eigenvalue weighted by Gasteiger charge is 2.33. The quantitative estimate of drug-likeness (QED) is 0.868. The third-order valence-corrected chi connectivity index (χ3v) is 5.85. The zero-order valence-corrected chi connectivity index (χ0v) is 15.0. The van der Waals surface area contributed by atoms with E-state index in [0.29, 0.717) is 19.0 Å². The number of urea groups is 1. The first kappa shape index (κ1) is 17.0. The number of hydrogen-bond acceptors (Lipinski definition) is 3. The van der Waals surface area contributed by atoms with Crippen LogP contribution in [-0.4, -0.2) is 66.3 Å². The second kappa shape index (κ2) is 7.39. The van der Waals surface area contributed by atoms with E-state index in [9.17, 15) is 4.79 Å². The van der Waals surface area contributed by atoms with Gasteiger partial charge in [-0.25, -0.2) is 4.79 Å². The van der Waals surface area contributed by atoms with Gasteiger partial charge in [0.1, 0.15) is 0 Å². The smallest absolute Gasteiger partial charge is 0.317 e. The molecular weight excluding hydrogens is 290 g/mol. The molecule has 3 rings (SSSR count). The van der Waals surface area contributed by atoms with Crippen LogP contribution < -0.4 is 5.32 Å². The van der Waals surface area contributed by atoms with Gasteiger partial charge in [-0.2, -0.15) is 0 Å². The molecule has 3 fully saturated rings. The average molecular weight is 323 g/mol. The van der Waals surface area contributed by atoms with Gasteiger partial charge in [-0.05, 0) is 58.9 Å². The maximum Gasteiger partial charge on any atom is 0.317 e. The lowest BCUT2D eigenvalue weighted by molar-refractivity contribution is -0.0550. The highest BCUT2D eigenvalue weighted by Crippen LogP contribution is 2.30. The zero-order valence-electron chi connectivity index (χ0n) is 15.0. The van der Waals surface area contributed by atoms with Crippen LogP contribution in [0.1, 0.15) is 52.9 Å². The molecule has 0 radical (unpaired) electrons. The second-order valence-corrected chi connectivity index (χ2v) is 7.88. The van der Waals surface area contributed by atoms with Gasteiger partial charge in [0, 0.05) is 31.7 Å². The summed E-state index contributed by atoms with van der Waals surface area (Å²) < 4.78 is 5.72. The summed E-state index contributed by atoms with van der Waals surface area (Å²) in [5, 5.41) is 3.26. The Morgan fingerprint density at radius 2 is 1.78 bits per heavy atom. The van der Waals surface area contributed by atoms with Gasteiger partial charge in [0.15, 0.2) is 0 Å². The Morgan fingerprint density at radius 1 is 1.09 bits per heavy atom. The summed E-state index contributed by atoms with van der Waals surface area (Å²) in [6.45, 7) is 10.1. The van der Waals surface area contributed by atoms with Gasteiger partial charge in [0.05, 0.1) is 12.2 Å². The van der Waals surface area contributed by atoms with Gasteiger partial charge in [-0.15, -0.1) is 0 Å².